The molecule has 9 heavy (non-hydrogen) atoms. The van der Waals surface area contributed by atoms with Crippen LogP contribution in [0.4, 0.5) is 0 Å². The molecule has 0 spiro atoms. The monoisotopic (exact) mass is 246 g/mol. The van der Waals surface area contributed by atoms with Crippen molar-refractivity contribution in [3.8, 4) is 0 Å². The summed E-state index contributed by atoms with van der Waals surface area (Å²) in [6, 6.07) is 3.82. The fourth-order valence-electron chi connectivity index (χ4n) is 0.530. The molecular weight excluding hydrogens is 240 g/mol. The number of aromatic nitrogens is 1. The molecule has 1 aromatic heterocycles. The van der Waals surface area contributed by atoms with E-state index in [0.29, 0.717) is 5.15 Å². The van der Waals surface area contributed by atoms with Crippen LogP contribution in [0.25, 0.3) is 0 Å². The van der Waals surface area contributed by atoms with Crippen LogP contribution in [0.3, 0.4) is 0 Å². The van der Waals surface area contributed by atoms with Crippen molar-refractivity contribution in [2.75, 3.05) is 0 Å². The van der Waals surface area contributed by atoms with Crippen molar-refractivity contribution < 1.29 is 0 Å². The minimum atomic E-state index is 0.582. The van der Waals surface area contributed by atoms with Gasteiger partial charge < -0.3 is 0 Å². The molecule has 0 unspecified atom stereocenters. The number of nitrogens with zero attached hydrogens (tertiary/aromatic N) is 1. The van der Waals surface area contributed by atoms with E-state index in [4.69, 9.17) is 11.6 Å². The second-order valence-corrected chi connectivity index (χ2v) is 3.69. The van der Waals surface area contributed by atoms with Crippen molar-refractivity contribution in [3.05, 3.63) is 23.0 Å². The van der Waals surface area contributed by atoms with E-state index in [1.165, 1.54) is 26.1 Å². The normalized spacial score (nSPS) is 9.67. The van der Waals surface area contributed by atoms with E-state index in [1.807, 2.05) is 19.1 Å². The number of hydrogen-bond donors (Lipinski definition) is 0. The van der Waals surface area contributed by atoms with Gasteiger partial charge >= 0.3 is 72.6 Å². The number of rotatable bonds is 0. The van der Waals surface area contributed by atoms with Crippen molar-refractivity contribution in [2.45, 2.75) is 6.92 Å². The first-order valence-electron chi connectivity index (χ1n) is 2.55. The van der Waals surface area contributed by atoms with E-state index in [9.17, 15) is 0 Å². The summed E-state index contributed by atoms with van der Waals surface area (Å²) in [5.74, 6) is 0. The number of pyridine rings is 1. The van der Waals surface area contributed by atoms with Gasteiger partial charge in [-0.2, -0.15) is 0 Å². The zero-order valence-corrected chi connectivity index (χ0v) is 8.59. The molecule has 0 fully saturated rings. The van der Waals surface area contributed by atoms with Crippen molar-refractivity contribution >= 4 is 37.7 Å². The van der Waals surface area contributed by atoms with Crippen LogP contribution in [0.2, 0.25) is 5.15 Å². The van der Waals surface area contributed by atoms with Crippen LogP contribution in [0.5, 0.6) is 0 Å². The summed E-state index contributed by atoms with van der Waals surface area (Å²) in [5.41, 5.74) is 1.04. The van der Waals surface area contributed by atoms with Crippen molar-refractivity contribution in [1.29, 1.82) is 0 Å². The van der Waals surface area contributed by atoms with Crippen LogP contribution in [0, 0.1) is 6.92 Å². The third-order valence-electron chi connectivity index (χ3n) is 1.05. The van der Waals surface area contributed by atoms with Gasteiger partial charge in [0.1, 0.15) is 0 Å². The van der Waals surface area contributed by atoms with Gasteiger partial charge in [0.2, 0.25) is 0 Å². The Morgan fingerprint density at radius 3 is 2.67 bits per heavy atom. The Kier molecular flexibility index (Phi) is 2.35. The SMILES string of the molecule is Cc1nc(Cl)cc[c]1[Sn]. The van der Waals surface area contributed by atoms with Gasteiger partial charge in [-0.15, -0.1) is 0 Å². The predicted molar refractivity (Wildman–Crippen MR) is 39.4 cm³/mol. The van der Waals surface area contributed by atoms with E-state index < -0.39 is 0 Å². The van der Waals surface area contributed by atoms with E-state index in [1.54, 1.807) is 0 Å². The quantitative estimate of drug-likeness (QED) is 0.487. The van der Waals surface area contributed by atoms with Gasteiger partial charge in [-0.05, 0) is 0 Å². The molecule has 0 atom stereocenters. The first kappa shape index (κ1) is 7.35. The zero-order valence-electron chi connectivity index (χ0n) is 4.98. The summed E-state index contributed by atoms with van der Waals surface area (Å²) >= 11 is 7.01. The van der Waals surface area contributed by atoms with Gasteiger partial charge in [0.05, 0.1) is 0 Å². The Hall–Kier alpha value is 0.239. The van der Waals surface area contributed by atoms with E-state index in [2.05, 4.69) is 4.98 Å². The average Bonchev–Trinajstić information content (AvgIpc) is 1.80. The molecule has 0 saturated heterocycles. The maximum atomic E-state index is 5.62. The van der Waals surface area contributed by atoms with Crippen LogP contribution in [-0.2, 0) is 0 Å². The van der Waals surface area contributed by atoms with Gasteiger partial charge in [0.25, 0.3) is 0 Å². The molecule has 1 heterocycles. The Morgan fingerprint density at radius 2 is 2.22 bits per heavy atom. The summed E-state index contributed by atoms with van der Waals surface area (Å²) < 4.78 is 1.27. The van der Waals surface area contributed by atoms with Gasteiger partial charge in [-0.3, -0.25) is 0 Å². The molecule has 0 aliphatic heterocycles. The molecule has 1 rings (SSSR count). The molecule has 0 aliphatic rings. The zero-order chi connectivity index (χ0) is 6.85. The molecule has 0 bridgehead atoms. The third kappa shape index (κ3) is 1.83. The maximum absolute atomic E-state index is 5.62. The van der Waals surface area contributed by atoms with Crippen LogP contribution >= 0.6 is 11.6 Å². The molecule has 0 aliphatic carbocycles. The first-order valence-corrected chi connectivity index (χ1v) is 4.35. The molecule has 45 valence electrons. The molecule has 3 heteroatoms. The van der Waals surface area contributed by atoms with E-state index in [0.717, 1.165) is 5.69 Å². The van der Waals surface area contributed by atoms with Gasteiger partial charge in [-0.1, -0.05) is 0 Å². The molecule has 3 radical (unpaired) electrons. The fourth-order valence-corrected chi connectivity index (χ4v) is 1.12. The van der Waals surface area contributed by atoms with Crippen LogP contribution < -0.4 is 3.58 Å². The van der Waals surface area contributed by atoms with Crippen LogP contribution in [-0.4, -0.2) is 27.5 Å². The van der Waals surface area contributed by atoms with Crippen molar-refractivity contribution in [3.63, 3.8) is 0 Å². The third-order valence-corrected chi connectivity index (χ3v) is 2.77. The molecule has 0 aromatic carbocycles. The molecule has 1 nitrogen and oxygen atoms in total. The molecule has 0 saturated carbocycles. The van der Waals surface area contributed by atoms with E-state index >= 15 is 0 Å². The Labute approximate surface area is 72.5 Å². The Balaban J connectivity index is 3.17. The summed E-state index contributed by atoms with van der Waals surface area (Å²) in [4.78, 5) is 4.06. The number of hydrogen-bond acceptors (Lipinski definition) is 1. The van der Waals surface area contributed by atoms with Gasteiger partial charge in [-0.25, -0.2) is 0 Å². The van der Waals surface area contributed by atoms with Gasteiger partial charge in [0, 0.05) is 0 Å². The molecule has 0 amide bonds. The van der Waals surface area contributed by atoms with Gasteiger partial charge in [0.15, 0.2) is 0 Å². The standard InChI is InChI=1S/C6H5ClN.Sn/c1-5-3-2-4-6(7)8-5;/h2,4H,1H3;. The topological polar surface area (TPSA) is 12.9 Å². The fraction of sp³-hybridized carbons (Fsp3) is 0.167. The molecular formula is C6H5ClNSn. The number of aryl methyl sites for hydroxylation is 1. The Morgan fingerprint density at radius 1 is 1.56 bits per heavy atom. The summed E-state index contributed by atoms with van der Waals surface area (Å²) in [5, 5.41) is 0.582. The van der Waals surface area contributed by atoms with Crippen LogP contribution in [0.15, 0.2) is 12.1 Å². The second-order valence-electron chi connectivity index (χ2n) is 1.77. The summed E-state index contributed by atoms with van der Waals surface area (Å²) in [7, 11) is 0. The van der Waals surface area contributed by atoms with E-state index in [-0.39, 0.29) is 0 Å². The number of halogens is 1. The second kappa shape index (κ2) is 2.88. The summed E-state index contributed by atoms with van der Waals surface area (Å²) in [6.07, 6.45) is 0. The Bertz CT molecular complexity index is 224. The summed E-state index contributed by atoms with van der Waals surface area (Å²) in [6.45, 7) is 1.97. The average molecular weight is 245 g/mol. The van der Waals surface area contributed by atoms with Crippen molar-refractivity contribution in [1.82, 2.24) is 4.98 Å². The minimum absolute atomic E-state index is 0.582. The predicted octanol–water partition coefficient (Wildman–Crippen LogP) is 0.837. The molecule has 1 aromatic rings. The first-order chi connectivity index (χ1) is 4.20. The van der Waals surface area contributed by atoms with Crippen LogP contribution in [0.1, 0.15) is 5.69 Å². The molecule has 0 N–H and O–H groups in total. The van der Waals surface area contributed by atoms with Crippen molar-refractivity contribution in [2.24, 2.45) is 0 Å².